The van der Waals surface area contributed by atoms with Gasteiger partial charge >= 0.3 is 34.2 Å². The summed E-state index contributed by atoms with van der Waals surface area (Å²) in [6, 6.07) is 0.713. The third kappa shape index (κ3) is 6.44. The van der Waals surface area contributed by atoms with Gasteiger partial charge in [-0.3, -0.25) is 0 Å². The van der Waals surface area contributed by atoms with E-state index in [9.17, 15) is 24.6 Å². The lowest BCUT2D eigenvalue weighted by Crippen LogP contribution is -2.55. The average molecular weight is 494 g/mol. The van der Waals surface area contributed by atoms with E-state index in [1.807, 2.05) is 0 Å². The Morgan fingerprint density at radius 1 is 0.750 bits per heavy atom. The molecule has 0 saturated heterocycles. The molecule has 32 heavy (non-hydrogen) atoms. The van der Waals surface area contributed by atoms with Crippen LogP contribution in [-0.2, 0) is 37.3 Å². The molecule has 0 bridgehead atoms. The van der Waals surface area contributed by atoms with Crippen LogP contribution in [0.4, 0.5) is 0 Å². The monoisotopic (exact) mass is 493 g/mol. The van der Waals surface area contributed by atoms with E-state index in [0.717, 1.165) is 13.7 Å². The lowest BCUT2D eigenvalue weighted by Gasteiger charge is -2.25. The average Bonchev–Trinajstić information content (AvgIpc) is 2.82. The molecular formula is C18H35N3O9Si2. The fourth-order valence-electron chi connectivity index (χ4n) is 3.35. The first-order valence-corrected chi connectivity index (χ1v) is 14.7. The Morgan fingerprint density at radius 2 is 1.09 bits per heavy atom. The quantitative estimate of drug-likeness (QED) is 0.211. The van der Waals surface area contributed by atoms with Crippen molar-refractivity contribution >= 4 is 17.1 Å². The van der Waals surface area contributed by atoms with Gasteiger partial charge in [-0.15, -0.1) is 6.58 Å². The van der Waals surface area contributed by atoms with Crippen LogP contribution in [0, 0.1) is 0 Å². The third-order valence-electron chi connectivity index (χ3n) is 5.55. The minimum Gasteiger partial charge on any atom is -0.396 e. The topological polar surface area (TPSA) is 143 Å². The first kappa shape index (κ1) is 28.4. The van der Waals surface area contributed by atoms with Crippen LogP contribution < -0.4 is 17.1 Å². The van der Waals surface area contributed by atoms with E-state index in [-0.39, 0.29) is 32.1 Å². The first-order chi connectivity index (χ1) is 15.2. The fourth-order valence-corrected chi connectivity index (χ4v) is 6.73. The number of nitrogens with zero attached hydrogens (tertiary/aromatic N) is 3. The molecule has 0 aliphatic heterocycles. The van der Waals surface area contributed by atoms with E-state index >= 15 is 0 Å². The number of allylic oxidation sites excluding steroid dienone is 1. The smallest absolute Gasteiger partial charge is 0.364 e. The van der Waals surface area contributed by atoms with Gasteiger partial charge in [-0.1, -0.05) is 6.08 Å². The molecule has 0 saturated carbocycles. The van der Waals surface area contributed by atoms with Gasteiger partial charge in [0.2, 0.25) is 0 Å². The molecule has 0 spiro atoms. The van der Waals surface area contributed by atoms with Crippen molar-refractivity contribution < 1.29 is 27.9 Å². The number of aliphatic hydroxyl groups is 2. The summed E-state index contributed by atoms with van der Waals surface area (Å²) in [5.41, 5.74) is -2.18. The summed E-state index contributed by atoms with van der Waals surface area (Å²) in [4.78, 5) is 38.6. The first-order valence-electron chi connectivity index (χ1n) is 10.2. The number of aliphatic hydroxyl groups excluding tert-OH is 2. The molecule has 0 radical (unpaired) electrons. The van der Waals surface area contributed by atoms with Gasteiger partial charge in [-0.25, -0.2) is 28.1 Å². The number of rotatable bonds is 16. The molecule has 1 aromatic rings. The van der Waals surface area contributed by atoms with E-state index < -0.39 is 34.2 Å². The summed E-state index contributed by atoms with van der Waals surface area (Å²) in [7, 11) is 0.170. The Bertz CT molecular complexity index is 824. The van der Waals surface area contributed by atoms with Crippen molar-refractivity contribution in [2.24, 2.45) is 0 Å². The van der Waals surface area contributed by atoms with Gasteiger partial charge in [0.05, 0.1) is 19.0 Å². The van der Waals surface area contributed by atoms with Gasteiger partial charge in [0.15, 0.2) is 0 Å². The van der Waals surface area contributed by atoms with Crippen LogP contribution in [0.15, 0.2) is 27.0 Å². The minimum atomic E-state index is -2.81. The standard InChI is InChI=1S/C18H35N3O9Si2/c1-6-9-19-16(24)20(10-7-12-31(14-22,27-2)28-3)18(26)21(17(19)25)11-8-13-32(15-23,29-4)30-5/h6,22-23H,1,7-15H2,2-5H3. The Hall–Kier alpha value is -1.66. The second-order valence-electron chi connectivity index (χ2n) is 7.21. The summed E-state index contributed by atoms with van der Waals surface area (Å²) in [5, 5.41) is 19.2. The highest BCUT2D eigenvalue weighted by atomic mass is 28.4. The molecule has 0 aliphatic rings. The normalized spacial score (nSPS) is 12.3. The molecule has 1 heterocycles. The fraction of sp³-hybridized carbons (Fsp3) is 0.722. The molecular weight excluding hydrogens is 458 g/mol. The van der Waals surface area contributed by atoms with Crippen LogP contribution in [0.25, 0.3) is 0 Å². The lowest BCUT2D eigenvalue weighted by molar-refractivity contribution is 0.195. The van der Waals surface area contributed by atoms with Crippen LogP contribution in [0.2, 0.25) is 12.1 Å². The lowest BCUT2D eigenvalue weighted by atomic mass is 10.4. The maximum absolute atomic E-state index is 13.0. The predicted octanol–water partition coefficient (Wildman–Crippen LogP) is -1.33. The summed E-state index contributed by atoms with van der Waals surface area (Å²) in [6.07, 6.45) is 1.56. The van der Waals surface area contributed by atoms with Gasteiger partial charge in [-0.2, -0.15) is 0 Å². The Labute approximate surface area is 188 Å². The van der Waals surface area contributed by atoms with Gasteiger partial charge in [-0.05, 0) is 24.9 Å². The third-order valence-corrected chi connectivity index (χ3v) is 11.7. The zero-order valence-corrected chi connectivity index (χ0v) is 21.2. The Morgan fingerprint density at radius 3 is 1.38 bits per heavy atom. The van der Waals surface area contributed by atoms with Crippen molar-refractivity contribution in [2.45, 2.75) is 44.6 Å². The second kappa shape index (κ2) is 13.1. The Kier molecular flexibility index (Phi) is 11.7. The highest BCUT2D eigenvalue weighted by molar-refractivity contribution is 6.67. The van der Waals surface area contributed by atoms with Crippen LogP contribution in [-0.4, -0.2) is 81.9 Å². The molecule has 0 atom stereocenters. The molecule has 0 aromatic carbocycles. The predicted molar refractivity (Wildman–Crippen MR) is 122 cm³/mol. The van der Waals surface area contributed by atoms with Crippen molar-refractivity contribution in [2.75, 3.05) is 40.9 Å². The van der Waals surface area contributed by atoms with Crippen LogP contribution in [0.3, 0.4) is 0 Å². The van der Waals surface area contributed by atoms with E-state index in [1.54, 1.807) is 0 Å². The van der Waals surface area contributed by atoms with Crippen LogP contribution in [0.5, 0.6) is 0 Å². The molecule has 14 heteroatoms. The largest absolute Gasteiger partial charge is 0.396 e. The van der Waals surface area contributed by atoms with Crippen molar-refractivity contribution in [3.63, 3.8) is 0 Å². The maximum Gasteiger partial charge on any atom is 0.364 e. The molecule has 2 N–H and O–H groups in total. The van der Waals surface area contributed by atoms with Gasteiger partial charge in [0.1, 0.15) is 0 Å². The number of hydrogen-bond acceptors (Lipinski definition) is 9. The van der Waals surface area contributed by atoms with Gasteiger partial charge < -0.3 is 27.9 Å². The summed E-state index contributed by atoms with van der Waals surface area (Å²) >= 11 is 0. The van der Waals surface area contributed by atoms with Crippen molar-refractivity contribution in [1.82, 2.24) is 13.7 Å². The number of hydrogen-bond donors (Lipinski definition) is 2. The molecule has 184 valence electrons. The zero-order valence-electron chi connectivity index (χ0n) is 19.2. The number of aromatic nitrogens is 3. The Balaban J connectivity index is 3.23. The van der Waals surface area contributed by atoms with Crippen molar-refractivity contribution in [3.05, 3.63) is 44.1 Å². The van der Waals surface area contributed by atoms with Gasteiger partial charge in [0, 0.05) is 41.5 Å². The summed E-state index contributed by atoms with van der Waals surface area (Å²) in [6.45, 7) is 3.58. The van der Waals surface area contributed by atoms with Crippen LogP contribution >= 0.6 is 0 Å². The van der Waals surface area contributed by atoms with E-state index in [1.165, 1.54) is 34.5 Å². The molecule has 0 unspecified atom stereocenters. The molecule has 0 aliphatic carbocycles. The van der Waals surface area contributed by atoms with E-state index in [0.29, 0.717) is 24.9 Å². The molecule has 1 aromatic heterocycles. The highest BCUT2D eigenvalue weighted by Gasteiger charge is 2.35. The van der Waals surface area contributed by atoms with E-state index in [4.69, 9.17) is 17.7 Å². The van der Waals surface area contributed by atoms with Crippen molar-refractivity contribution in [3.8, 4) is 0 Å². The highest BCUT2D eigenvalue weighted by Crippen LogP contribution is 2.14. The summed E-state index contributed by atoms with van der Waals surface area (Å²) < 4.78 is 24.3. The summed E-state index contributed by atoms with van der Waals surface area (Å²) in [5.74, 6) is 0. The second-order valence-corrected chi connectivity index (χ2v) is 14.1. The van der Waals surface area contributed by atoms with Crippen LogP contribution in [0.1, 0.15) is 12.8 Å². The molecule has 0 fully saturated rings. The molecule has 0 amide bonds. The SMILES string of the molecule is C=CCn1c(=O)n(CCC[Si](CO)(OC)OC)c(=O)n(CCC[Si](CO)(OC)OC)c1=O. The maximum atomic E-state index is 13.0. The van der Waals surface area contributed by atoms with Gasteiger partial charge in [0.25, 0.3) is 0 Å². The molecule has 12 nitrogen and oxygen atoms in total. The minimum absolute atomic E-state index is 0.0298. The zero-order chi connectivity index (χ0) is 24.4. The van der Waals surface area contributed by atoms with E-state index in [2.05, 4.69) is 6.58 Å². The van der Waals surface area contributed by atoms with Crippen molar-refractivity contribution in [1.29, 1.82) is 0 Å². The molecule has 1 rings (SSSR count).